The molecule has 0 aliphatic carbocycles. The zero-order valence-electron chi connectivity index (χ0n) is 10.8. The largest absolute Gasteiger partial charge is 0.328 e. The third-order valence-corrected chi connectivity index (χ3v) is 4.46. The molecule has 0 amide bonds. The number of piperidine rings is 1. The predicted octanol–water partition coefficient (Wildman–Crippen LogP) is 2.15. The fourth-order valence-electron chi connectivity index (χ4n) is 3.52. The zero-order valence-corrected chi connectivity index (χ0v) is 10.8. The highest BCUT2D eigenvalue weighted by Gasteiger charge is 2.39. The highest BCUT2D eigenvalue weighted by molar-refractivity contribution is 5.33. The first kappa shape index (κ1) is 12.6. The molecule has 2 bridgehead atoms. The lowest BCUT2D eigenvalue weighted by Crippen LogP contribution is -2.46. The molecule has 0 radical (unpaired) electrons. The number of nitriles is 1. The first-order valence-electron chi connectivity index (χ1n) is 6.87. The van der Waals surface area contributed by atoms with E-state index < -0.39 is 0 Å². The van der Waals surface area contributed by atoms with E-state index in [-0.39, 0.29) is 5.82 Å². The van der Waals surface area contributed by atoms with E-state index in [4.69, 9.17) is 11.0 Å². The summed E-state index contributed by atoms with van der Waals surface area (Å²) in [5.41, 5.74) is 7.11. The van der Waals surface area contributed by atoms with Crippen LogP contribution in [-0.4, -0.2) is 23.0 Å². The monoisotopic (exact) mass is 259 g/mol. The molecular formula is C15H18FN3. The second-order valence-electron chi connectivity index (χ2n) is 5.71. The van der Waals surface area contributed by atoms with Gasteiger partial charge in [0.2, 0.25) is 0 Å². The third-order valence-electron chi connectivity index (χ3n) is 4.46. The van der Waals surface area contributed by atoms with Gasteiger partial charge in [-0.25, -0.2) is 4.39 Å². The summed E-state index contributed by atoms with van der Waals surface area (Å²) in [4.78, 5) is 2.40. The van der Waals surface area contributed by atoms with E-state index in [1.54, 1.807) is 12.1 Å². The minimum atomic E-state index is -0.270. The fraction of sp³-hybridized carbons (Fsp3) is 0.533. The Hall–Kier alpha value is -1.44. The third kappa shape index (κ3) is 2.36. The minimum Gasteiger partial charge on any atom is -0.328 e. The Kier molecular flexibility index (Phi) is 3.26. The van der Waals surface area contributed by atoms with E-state index in [1.165, 1.54) is 18.9 Å². The molecule has 1 aromatic carbocycles. The predicted molar refractivity (Wildman–Crippen MR) is 70.7 cm³/mol. The molecule has 0 aromatic heterocycles. The lowest BCUT2D eigenvalue weighted by atomic mass is 9.97. The van der Waals surface area contributed by atoms with Crippen molar-refractivity contribution in [2.24, 2.45) is 5.73 Å². The number of fused-ring (bicyclic) bond motifs is 2. The molecule has 2 saturated heterocycles. The van der Waals surface area contributed by atoms with Crippen molar-refractivity contribution in [3.05, 3.63) is 35.1 Å². The number of nitrogens with zero attached hydrogens (tertiary/aromatic N) is 2. The second-order valence-corrected chi connectivity index (χ2v) is 5.71. The van der Waals surface area contributed by atoms with Crippen molar-refractivity contribution in [2.45, 2.75) is 50.4 Å². The summed E-state index contributed by atoms with van der Waals surface area (Å²) in [6.45, 7) is 0.638. The molecule has 3 nitrogen and oxygen atoms in total. The molecule has 4 heteroatoms. The van der Waals surface area contributed by atoms with Crippen LogP contribution < -0.4 is 5.73 Å². The number of rotatable bonds is 2. The van der Waals surface area contributed by atoms with Gasteiger partial charge in [-0.3, -0.25) is 4.90 Å². The van der Waals surface area contributed by atoms with Crippen LogP contribution in [0.4, 0.5) is 4.39 Å². The van der Waals surface area contributed by atoms with E-state index in [1.807, 2.05) is 6.07 Å². The SMILES string of the molecule is N#Cc1ccc(CN2C3CCC2CC(N)C3)c(F)c1. The molecule has 0 saturated carbocycles. The number of halogens is 1. The zero-order chi connectivity index (χ0) is 13.4. The molecule has 1 aromatic rings. The fourth-order valence-corrected chi connectivity index (χ4v) is 3.52. The quantitative estimate of drug-likeness (QED) is 0.885. The normalized spacial score (nSPS) is 30.3. The van der Waals surface area contributed by atoms with Crippen molar-refractivity contribution in [1.29, 1.82) is 5.26 Å². The number of hydrogen-bond donors (Lipinski definition) is 1. The van der Waals surface area contributed by atoms with Crippen LogP contribution in [0.25, 0.3) is 0 Å². The van der Waals surface area contributed by atoms with Gasteiger partial charge >= 0.3 is 0 Å². The lowest BCUT2D eigenvalue weighted by molar-refractivity contribution is 0.118. The van der Waals surface area contributed by atoms with Gasteiger partial charge in [0.1, 0.15) is 5.82 Å². The van der Waals surface area contributed by atoms with Gasteiger partial charge in [0.25, 0.3) is 0 Å². The van der Waals surface area contributed by atoms with Crippen LogP contribution >= 0.6 is 0 Å². The molecule has 100 valence electrons. The Morgan fingerprint density at radius 2 is 2.00 bits per heavy atom. The van der Waals surface area contributed by atoms with Gasteiger partial charge in [-0.1, -0.05) is 6.07 Å². The summed E-state index contributed by atoms with van der Waals surface area (Å²) in [6.07, 6.45) is 4.40. The number of hydrogen-bond acceptors (Lipinski definition) is 3. The summed E-state index contributed by atoms with van der Waals surface area (Å²) in [5.74, 6) is -0.270. The van der Waals surface area contributed by atoms with Gasteiger partial charge in [-0.05, 0) is 37.8 Å². The van der Waals surface area contributed by atoms with Crippen LogP contribution in [0.2, 0.25) is 0 Å². The first-order valence-corrected chi connectivity index (χ1v) is 6.87. The minimum absolute atomic E-state index is 0.270. The van der Waals surface area contributed by atoms with Gasteiger partial charge in [0.05, 0.1) is 11.6 Å². The standard InChI is InChI=1S/C15H18FN3/c16-15-5-10(8-17)1-2-11(15)9-19-13-3-4-14(19)7-12(18)6-13/h1-2,5,12-14H,3-4,6-7,9,18H2. The van der Waals surface area contributed by atoms with E-state index >= 15 is 0 Å². The molecule has 2 aliphatic heterocycles. The van der Waals surface area contributed by atoms with Crippen LogP contribution in [0.5, 0.6) is 0 Å². The van der Waals surface area contributed by atoms with Crippen LogP contribution in [0, 0.1) is 17.1 Å². The second kappa shape index (κ2) is 4.92. The molecule has 19 heavy (non-hydrogen) atoms. The summed E-state index contributed by atoms with van der Waals surface area (Å²) < 4.78 is 13.9. The Balaban J connectivity index is 1.77. The van der Waals surface area contributed by atoms with Crippen molar-refractivity contribution >= 4 is 0 Å². The molecule has 3 rings (SSSR count). The topological polar surface area (TPSA) is 53.0 Å². The average molecular weight is 259 g/mol. The molecule has 2 aliphatic rings. The van der Waals surface area contributed by atoms with Crippen LogP contribution in [-0.2, 0) is 6.54 Å². The average Bonchev–Trinajstić information content (AvgIpc) is 2.63. The Labute approximate surface area is 112 Å². The van der Waals surface area contributed by atoms with Crippen molar-refractivity contribution < 1.29 is 4.39 Å². The van der Waals surface area contributed by atoms with E-state index in [2.05, 4.69) is 4.90 Å². The molecule has 2 unspecified atom stereocenters. The molecule has 2 atom stereocenters. The Bertz CT molecular complexity index is 509. The number of nitrogens with two attached hydrogens (primary N) is 1. The van der Waals surface area contributed by atoms with Crippen molar-refractivity contribution in [2.75, 3.05) is 0 Å². The maximum atomic E-state index is 13.9. The first-order chi connectivity index (χ1) is 9.17. The van der Waals surface area contributed by atoms with E-state index in [0.717, 1.165) is 12.8 Å². The molecule has 2 fully saturated rings. The highest BCUT2D eigenvalue weighted by atomic mass is 19.1. The van der Waals surface area contributed by atoms with E-state index in [0.29, 0.717) is 35.8 Å². The molecule has 0 spiro atoms. The van der Waals surface area contributed by atoms with Crippen LogP contribution in [0.15, 0.2) is 18.2 Å². The summed E-state index contributed by atoms with van der Waals surface area (Å²) in [6, 6.07) is 8.03. The van der Waals surface area contributed by atoms with Crippen LogP contribution in [0.1, 0.15) is 36.8 Å². The van der Waals surface area contributed by atoms with Crippen molar-refractivity contribution in [3.8, 4) is 6.07 Å². The van der Waals surface area contributed by atoms with Gasteiger partial charge in [-0.15, -0.1) is 0 Å². The van der Waals surface area contributed by atoms with Crippen LogP contribution in [0.3, 0.4) is 0 Å². The summed E-state index contributed by atoms with van der Waals surface area (Å²) >= 11 is 0. The summed E-state index contributed by atoms with van der Waals surface area (Å²) in [5, 5.41) is 8.76. The van der Waals surface area contributed by atoms with E-state index in [9.17, 15) is 4.39 Å². The Morgan fingerprint density at radius 3 is 2.58 bits per heavy atom. The smallest absolute Gasteiger partial charge is 0.129 e. The van der Waals surface area contributed by atoms with Gasteiger partial charge in [-0.2, -0.15) is 5.26 Å². The summed E-state index contributed by atoms with van der Waals surface area (Å²) in [7, 11) is 0. The molecule has 2 N–H and O–H groups in total. The molecule has 2 heterocycles. The number of benzene rings is 1. The van der Waals surface area contributed by atoms with Gasteiger partial charge in [0.15, 0.2) is 0 Å². The van der Waals surface area contributed by atoms with Gasteiger partial charge < -0.3 is 5.73 Å². The van der Waals surface area contributed by atoms with Gasteiger partial charge in [0, 0.05) is 30.2 Å². The lowest BCUT2D eigenvalue weighted by Gasteiger charge is -2.37. The maximum absolute atomic E-state index is 13.9. The van der Waals surface area contributed by atoms with Crippen molar-refractivity contribution in [1.82, 2.24) is 4.90 Å². The maximum Gasteiger partial charge on any atom is 0.129 e. The highest BCUT2D eigenvalue weighted by Crippen LogP contribution is 2.36. The van der Waals surface area contributed by atoms with Crippen molar-refractivity contribution in [3.63, 3.8) is 0 Å². The molecular weight excluding hydrogens is 241 g/mol. The Morgan fingerprint density at radius 1 is 1.32 bits per heavy atom.